The first-order valence-corrected chi connectivity index (χ1v) is 7.04. The van der Waals surface area contributed by atoms with Gasteiger partial charge in [-0.3, -0.25) is 9.69 Å². The Hall–Kier alpha value is -0.980. The molecule has 0 aliphatic carbocycles. The molecule has 1 N–H and O–H groups in total. The second-order valence-electron chi connectivity index (χ2n) is 4.66. The molecule has 1 aliphatic rings. The summed E-state index contributed by atoms with van der Waals surface area (Å²) in [7, 11) is 0. The fraction of sp³-hybridized carbons (Fsp3) is 0.667. The van der Waals surface area contributed by atoms with Gasteiger partial charge < -0.3 is 10.0 Å². The van der Waals surface area contributed by atoms with E-state index in [0.717, 1.165) is 30.3 Å². The standard InChI is InChI=1S/C12H19N3O2S/c1-9-8-18-11(13-9)7-14-3-5-15(6-4-14)12(17)10(2)16/h8,10,16H,3-7H2,1-2H3. The van der Waals surface area contributed by atoms with E-state index in [-0.39, 0.29) is 5.91 Å². The molecule has 1 atom stereocenters. The predicted molar refractivity (Wildman–Crippen MR) is 70.4 cm³/mol. The van der Waals surface area contributed by atoms with Crippen LogP contribution in [0.25, 0.3) is 0 Å². The fourth-order valence-corrected chi connectivity index (χ4v) is 2.87. The lowest BCUT2D eigenvalue weighted by Gasteiger charge is -2.34. The Balaban J connectivity index is 1.82. The molecular weight excluding hydrogens is 250 g/mol. The number of thiazole rings is 1. The highest BCUT2D eigenvalue weighted by Gasteiger charge is 2.23. The van der Waals surface area contributed by atoms with Crippen molar-refractivity contribution in [1.29, 1.82) is 0 Å². The molecule has 1 fully saturated rings. The van der Waals surface area contributed by atoms with Crippen molar-refractivity contribution in [2.24, 2.45) is 0 Å². The fourth-order valence-electron chi connectivity index (χ4n) is 2.06. The molecule has 0 radical (unpaired) electrons. The van der Waals surface area contributed by atoms with E-state index in [0.29, 0.717) is 13.1 Å². The van der Waals surface area contributed by atoms with Crippen LogP contribution in [0.1, 0.15) is 17.6 Å². The molecule has 1 aliphatic heterocycles. The summed E-state index contributed by atoms with van der Waals surface area (Å²) in [6, 6.07) is 0. The molecule has 5 nitrogen and oxygen atoms in total. The van der Waals surface area contributed by atoms with Gasteiger partial charge in [0.05, 0.1) is 6.54 Å². The number of carbonyl (C=O) groups excluding carboxylic acids is 1. The van der Waals surface area contributed by atoms with Gasteiger partial charge in [0.15, 0.2) is 0 Å². The van der Waals surface area contributed by atoms with Crippen molar-refractivity contribution in [3.8, 4) is 0 Å². The van der Waals surface area contributed by atoms with E-state index in [1.165, 1.54) is 6.92 Å². The average molecular weight is 269 g/mol. The van der Waals surface area contributed by atoms with Crippen LogP contribution in [0.2, 0.25) is 0 Å². The second kappa shape index (κ2) is 5.77. The zero-order valence-corrected chi connectivity index (χ0v) is 11.6. The zero-order valence-electron chi connectivity index (χ0n) is 10.8. The van der Waals surface area contributed by atoms with Crippen molar-refractivity contribution < 1.29 is 9.90 Å². The summed E-state index contributed by atoms with van der Waals surface area (Å²) in [5, 5.41) is 12.4. The minimum absolute atomic E-state index is 0.167. The zero-order chi connectivity index (χ0) is 13.1. The van der Waals surface area contributed by atoms with Crippen molar-refractivity contribution in [2.45, 2.75) is 26.5 Å². The molecule has 0 spiro atoms. The third kappa shape index (κ3) is 3.28. The van der Waals surface area contributed by atoms with Crippen LogP contribution >= 0.6 is 11.3 Å². The van der Waals surface area contributed by atoms with E-state index in [4.69, 9.17) is 0 Å². The molecule has 2 rings (SSSR count). The van der Waals surface area contributed by atoms with Gasteiger partial charge in [-0.25, -0.2) is 4.98 Å². The van der Waals surface area contributed by atoms with Crippen LogP contribution in [0, 0.1) is 6.92 Å². The van der Waals surface area contributed by atoms with Gasteiger partial charge in [-0.1, -0.05) is 0 Å². The first-order chi connectivity index (χ1) is 8.56. The number of aromatic nitrogens is 1. The van der Waals surface area contributed by atoms with Crippen LogP contribution in [0.3, 0.4) is 0 Å². The summed E-state index contributed by atoms with van der Waals surface area (Å²) >= 11 is 1.68. The highest BCUT2D eigenvalue weighted by molar-refractivity contribution is 7.09. The SMILES string of the molecule is Cc1csc(CN2CCN(C(=O)C(C)O)CC2)n1. The van der Waals surface area contributed by atoms with Gasteiger partial charge in [0.2, 0.25) is 0 Å². The molecule has 0 bridgehead atoms. The smallest absolute Gasteiger partial charge is 0.251 e. The summed E-state index contributed by atoms with van der Waals surface area (Å²) in [5.41, 5.74) is 1.07. The van der Waals surface area contributed by atoms with E-state index in [1.54, 1.807) is 16.2 Å². The van der Waals surface area contributed by atoms with Gasteiger partial charge in [0.25, 0.3) is 5.91 Å². The van der Waals surface area contributed by atoms with E-state index < -0.39 is 6.10 Å². The second-order valence-corrected chi connectivity index (χ2v) is 5.60. The molecule has 1 aromatic heterocycles. The van der Waals surface area contributed by atoms with Crippen LogP contribution in [0.5, 0.6) is 0 Å². The first-order valence-electron chi connectivity index (χ1n) is 6.16. The molecular formula is C12H19N3O2S. The quantitative estimate of drug-likeness (QED) is 0.867. The topological polar surface area (TPSA) is 56.7 Å². The Bertz CT molecular complexity index is 411. The van der Waals surface area contributed by atoms with Crippen molar-refractivity contribution >= 4 is 17.2 Å². The third-order valence-corrected chi connectivity index (χ3v) is 4.02. The van der Waals surface area contributed by atoms with Crippen molar-refractivity contribution in [3.05, 3.63) is 16.1 Å². The van der Waals surface area contributed by atoms with E-state index >= 15 is 0 Å². The van der Waals surface area contributed by atoms with Crippen LogP contribution in [0.4, 0.5) is 0 Å². The number of piperazine rings is 1. The van der Waals surface area contributed by atoms with Crippen LogP contribution in [0.15, 0.2) is 5.38 Å². The summed E-state index contributed by atoms with van der Waals surface area (Å²) in [5.74, 6) is -0.167. The first kappa shape index (κ1) is 13.5. The maximum absolute atomic E-state index is 11.6. The molecule has 1 unspecified atom stereocenters. The van der Waals surface area contributed by atoms with Crippen molar-refractivity contribution in [2.75, 3.05) is 26.2 Å². The number of aliphatic hydroxyl groups is 1. The minimum Gasteiger partial charge on any atom is -0.384 e. The molecule has 1 aromatic rings. The molecule has 1 saturated heterocycles. The van der Waals surface area contributed by atoms with Crippen LogP contribution in [-0.4, -0.2) is 58.1 Å². The Morgan fingerprint density at radius 3 is 2.67 bits per heavy atom. The maximum Gasteiger partial charge on any atom is 0.251 e. The summed E-state index contributed by atoms with van der Waals surface area (Å²) < 4.78 is 0. The lowest BCUT2D eigenvalue weighted by Crippen LogP contribution is -2.50. The predicted octanol–water partition coefficient (Wildman–Crippen LogP) is 0.477. The summed E-state index contributed by atoms with van der Waals surface area (Å²) in [6.07, 6.45) is -0.891. The largest absolute Gasteiger partial charge is 0.384 e. The van der Waals surface area contributed by atoms with Gasteiger partial charge in [0, 0.05) is 37.3 Å². The Morgan fingerprint density at radius 1 is 1.50 bits per heavy atom. The number of amides is 1. The molecule has 6 heteroatoms. The number of nitrogens with zero attached hydrogens (tertiary/aromatic N) is 3. The van der Waals surface area contributed by atoms with Gasteiger partial charge in [-0.2, -0.15) is 0 Å². The van der Waals surface area contributed by atoms with Gasteiger partial charge in [0.1, 0.15) is 11.1 Å². The van der Waals surface area contributed by atoms with Crippen molar-refractivity contribution in [1.82, 2.24) is 14.8 Å². The lowest BCUT2D eigenvalue weighted by atomic mass is 10.2. The third-order valence-electron chi connectivity index (χ3n) is 3.07. The van der Waals surface area contributed by atoms with Gasteiger partial charge in [-0.05, 0) is 13.8 Å². The highest BCUT2D eigenvalue weighted by Crippen LogP contribution is 2.13. The number of hydrogen-bond acceptors (Lipinski definition) is 5. The highest BCUT2D eigenvalue weighted by atomic mass is 32.1. The maximum atomic E-state index is 11.6. The molecule has 18 heavy (non-hydrogen) atoms. The Kier molecular flexibility index (Phi) is 4.31. The van der Waals surface area contributed by atoms with E-state index in [1.807, 2.05) is 6.92 Å². The Morgan fingerprint density at radius 2 is 2.17 bits per heavy atom. The Labute approximate surface area is 111 Å². The van der Waals surface area contributed by atoms with Gasteiger partial charge >= 0.3 is 0 Å². The summed E-state index contributed by atoms with van der Waals surface area (Å²) in [4.78, 5) is 20.1. The average Bonchev–Trinajstić information content (AvgIpc) is 2.75. The number of aryl methyl sites for hydroxylation is 1. The molecule has 2 heterocycles. The lowest BCUT2D eigenvalue weighted by molar-refractivity contribution is -0.141. The molecule has 0 aromatic carbocycles. The summed E-state index contributed by atoms with van der Waals surface area (Å²) in [6.45, 7) is 7.44. The number of rotatable bonds is 3. The van der Waals surface area contributed by atoms with E-state index in [9.17, 15) is 9.90 Å². The number of aliphatic hydroxyl groups excluding tert-OH is 1. The van der Waals surface area contributed by atoms with Crippen LogP contribution in [-0.2, 0) is 11.3 Å². The number of hydrogen-bond donors (Lipinski definition) is 1. The number of carbonyl (C=O) groups is 1. The van der Waals surface area contributed by atoms with E-state index in [2.05, 4.69) is 15.3 Å². The molecule has 1 amide bonds. The monoisotopic (exact) mass is 269 g/mol. The molecule has 0 saturated carbocycles. The minimum atomic E-state index is -0.891. The van der Waals surface area contributed by atoms with Crippen LogP contribution < -0.4 is 0 Å². The molecule has 100 valence electrons. The van der Waals surface area contributed by atoms with Crippen molar-refractivity contribution in [3.63, 3.8) is 0 Å². The normalized spacial score (nSPS) is 18.9. The van der Waals surface area contributed by atoms with Gasteiger partial charge in [-0.15, -0.1) is 11.3 Å².